The van der Waals surface area contributed by atoms with E-state index in [9.17, 15) is 4.79 Å². The zero-order valence-electron chi connectivity index (χ0n) is 19.1. The summed E-state index contributed by atoms with van der Waals surface area (Å²) < 4.78 is 8.30. The highest BCUT2D eigenvalue weighted by atomic mass is 32.1. The van der Waals surface area contributed by atoms with Gasteiger partial charge in [-0.3, -0.25) is 4.79 Å². The van der Waals surface area contributed by atoms with Crippen LogP contribution in [-0.4, -0.2) is 44.4 Å². The minimum absolute atomic E-state index is 0.0655. The fourth-order valence-corrected chi connectivity index (χ4v) is 4.55. The molecular weight excluding hydrogens is 452 g/mol. The molecule has 0 aliphatic heterocycles. The first-order chi connectivity index (χ1) is 16.4. The quantitative estimate of drug-likeness (QED) is 0.178. The largest absolute Gasteiger partial charge is 0.479 e. The normalized spacial score (nSPS) is 14.9. The predicted octanol–water partition coefficient (Wildman–Crippen LogP) is 3.80. The van der Waals surface area contributed by atoms with Gasteiger partial charge in [0.1, 0.15) is 11.4 Å². The van der Waals surface area contributed by atoms with E-state index in [-0.39, 0.29) is 17.5 Å². The minimum atomic E-state index is -0.703. The average molecular weight is 477 g/mol. The number of carbonyl (C=O) groups excluding carboxylic acids is 1. The van der Waals surface area contributed by atoms with Gasteiger partial charge >= 0.3 is 0 Å². The molecule has 5 rings (SSSR count). The fraction of sp³-hybridized carbons (Fsp3) is 0.292. The fourth-order valence-electron chi connectivity index (χ4n) is 3.74. The number of thiazole rings is 1. The number of aryl methyl sites for hydroxylation is 2. The summed E-state index contributed by atoms with van der Waals surface area (Å²) in [7, 11) is 1.53. The molecule has 0 bridgehead atoms. The zero-order valence-corrected chi connectivity index (χ0v) is 19.9. The van der Waals surface area contributed by atoms with Crippen LogP contribution in [0.2, 0.25) is 0 Å². The maximum Gasteiger partial charge on any atom is 0.238 e. The Labute approximate surface area is 200 Å². The molecule has 9 nitrogen and oxygen atoms in total. The monoisotopic (exact) mass is 476 g/mol. The Hall–Kier alpha value is -3.79. The van der Waals surface area contributed by atoms with Crippen LogP contribution in [0.3, 0.4) is 0 Å². The van der Waals surface area contributed by atoms with Gasteiger partial charge in [0.25, 0.3) is 0 Å². The molecule has 1 fully saturated rings. The van der Waals surface area contributed by atoms with Crippen molar-refractivity contribution in [1.82, 2.24) is 19.5 Å². The topological polar surface area (TPSA) is 118 Å². The summed E-state index contributed by atoms with van der Waals surface area (Å²) in [5.74, 6) is 0.430. The molecule has 3 heterocycles. The van der Waals surface area contributed by atoms with Gasteiger partial charge in [-0.1, -0.05) is 5.16 Å². The number of oxime groups is 1. The molecule has 0 spiro atoms. The third-order valence-corrected chi connectivity index (χ3v) is 6.59. The number of nitrogens with zero attached hydrogens (tertiary/aromatic N) is 5. The summed E-state index contributed by atoms with van der Waals surface area (Å²) in [4.78, 5) is 32.1. The summed E-state index contributed by atoms with van der Waals surface area (Å²) >= 11 is 1.60. The maximum atomic E-state index is 13.2. The summed E-state index contributed by atoms with van der Waals surface area (Å²) in [6.07, 6.45) is 4.68. The minimum Gasteiger partial charge on any atom is -0.479 e. The molecule has 1 aliphatic carbocycles. The highest BCUT2D eigenvalue weighted by Crippen LogP contribution is 2.36. The van der Waals surface area contributed by atoms with Crippen LogP contribution >= 0.6 is 11.3 Å². The molecule has 10 heteroatoms. The Bertz CT molecular complexity index is 1400. The van der Waals surface area contributed by atoms with Gasteiger partial charge in [-0.25, -0.2) is 15.0 Å². The van der Waals surface area contributed by atoms with Gasteiger partial charge in [-0.15, -0.1) is 11.3 Å². The van der Waals surface area contributed by atoms with Crippen molar-refractivity contribution in [1.29, 1.82) is 0 Å². The van der Waals surface area contributed by atoms with E-state index in [0.29, 0.717) is 17.1 Å². The Morgan fingerprint density at radius 3 is 2.76 bits per heavy atom. The first-order valence-electron chi connectivity index (χ1n) is 10.9. The van der Waals surface area contributed by atoms with Gasteiger partial charge in [0.15, 0.2) is 11.9 Å². The Kier molecular flexibility index (Phi) is 5.74. The number of ketones is 1. The molecule has 2 N–H and O–H groups in total. The molecule has 4 aromatic rings. The highest BCUT2D eigenvalue weighted by Gasteiger charge is 2.39. The van der Waals surface area contributed by atoms with Gasteiger partial charge in [-0.05, 0) is 57.0 Å². The van der Waals surface area contributed by atoms with Gasteiger partial charge in [0, 0.05) is 17.7 Å². The lowest BCUT2D eigenvalue weighted by atomic mass is 10.0. The van der Waals surface area contributed by atoms with E-state index >= 15 is 0 Å². The number of nitrogens with two attached hydrogens (primary N) is 1. The molecule has 1 aliphatic rings. The van der Waals surface area contributed by atoms with Crippen molar-refractivity contribution in [3.63, 3.8) is 0 Å². The smallest absolute Gasteiger partial charge is 0.238 e. The van der Waals surface area contributed by atoms with Crippen molar-refractivity contribution in [2.75, 3.05) is 7.11 Å². The molecule has 3 aromatic heterocycles. The van der Waals surface area contributed by atoms with Crippen molar-refractivity contribution >= 4 is 33.2 Å². The average Bonchev–Trinajstić information content (AvgIpc) is 3.46. The lowest BCUT2D eigenvalue weighted by Gasteiger charge is -2.14. The van der Waals surface area contributed by atoms with Gasteiger partial charge < -0.3 is 19.9 Å². The van der Waals surface area contributed by atoms with E-state index < -0.39 is 6.10 Å². The van der Waals surface area contributed by atoms with Crippen molar-refractivity contribution in [2.45, 2.75) is 32.8 Å². The van der Waals surface area contributed by atoms with Crippen LogP contribution in [0.15, 0.2) is 48.0 Å². The van der Waals surface area contributed by atoms with E-state index in [1.165, 1.54) is 7.11 Å². The number of methoxy groups -OCH3 is 1. The lowest BCUT2D eigenvalue weighted by molar-refractivity contribution is 0.0352. The molecule has 1 atom stereocenters. The molecule has 34 heavy (non-hydrogen) atoms. The molecular formula is C24H24N6O3S. The van der Waals surface area contributed by atoms with Gasteiger partial charge in [0.05, 0.1) is 34.4 Å². The summed E-state index contributed by atoms with van der Waals surface area (Å²) in [5, 5.41) is 5.04. The molecule has 1 unspecified atom stereocenters. The number of fused-ring (bicyclic) bond motifs is 1. The standard InChI is InChI=1S/C24H24N6O3S/c1-13-11-30(12-26-13)19-8-7-17(28-24(19)32-3)23(25)29-33-22(15-4-5-15)21(31)16-6-9-20-18(10-16)27-14(2)34-20/h6-12,15,22H,4-5H2,1-3H3,(H2,25,29). The second-order valence-corrected chi connectivity index (χ2v) is 9.50. The number of hydrogen-bond donors (Lipinski definition) is 1. The van der Waals surface area contributed by atoms with Crippen LogP contribution in [-0.2, 0) is 4.84 Å². The summed E-state index contributed by atoms with van der Waals surface area (Å²) in [6, 6.07) is 9.10. The number of aromatic nitrogens is 4. The highest BCUT2D eigenvalue weighted by molar-refractivity contribution is 7.18. The predicted molar refractivity (Wildman–Crippen MR) is 130 cm³/mol. The molecule has 1 saturated carbocycles. The maximum absolute atomic E-state index is 13.2. The number of amidine groups is 1. The van der Waals surface area contributed by atoms with E-state index in [4.69, 9.17) is 15.3 Å². The number of hydrogen-bond acceptors (Lipinski definition) is 8. The number of Topliss-reactive ketones (excluding diaryl/α,β-unsaturated/α-hetero) is 1. The van der Waals surface area contributed by atoms with Crippen LogP contribution < -0.4 is 10.5 Å². The third kappa shape index (κ3) is 4.36. The molecule has 0 saturated heterocycles. The SMILES string of the molecule is COc1nc(C(N)=NOC(C(=O)c2ccc3sc(C)nc3c2)C2CC2)ccc1-n1cnc(C)c1. The Balaban J connectivity index is 1.37. The number of rotatable bonds is 8. The molecule has 0 radical (unpaired) electrons. The summed E-state index contributed by atoms with van der Waals surface area (Å²) in [5.41, 5.74) is 9.52. The first kappa shape index (κ1) is 22.0. The second kappa shape index (κ2) is 8.86. The van der Waals surface area contributed by atoms with E-state index in [1.807, 2.05) is 48.9 Å². The number of imidazole rings is 1. The van der Waals surface area contributed by atoms with Crippen LogP contribution in [0.1, 0.15) is 39.6 Å². The van der Waals surface area contributed by atoms with Gasteiger partial charge in [0.2, 0.25) is 11.7 Å². The van der Waals surface area contributed by atoms with Crippen LogP contribution in [0.4, 0.5) is 0 Å². The van der Waals surface area contributed by atoms with Crippen molar-refractivity contribution in [2.24, 2.45) is 16.8 Å². The summed E-state index contributed by atoms with van der Waals surface area (Å²) in [6.45, 7) is 3.85. The number of ether oxygens (including phenoxy) is 1. The van der Waals surface area contributed by atoms with Crippen LogP contribution in [0, 0.1) is 19.8 Å². The number of pyridine rings is 1. The number of carbonyl (C=O) groups is 1. The van der Waals surface area contributed by atoms with Crippen molar-refractivity contribution < 1.29 is 14.4 Å². The van der Waals surface area contributed by atoms with Crippen LogP contribution in [0.5, 0.6) is 5.88 Å². The zero-order chi connectivity index (χ0) is 23.8. The van der Waals surface area contributed by atoms with Crippen molar-refractivity contribution in [3.05, 3.63) is 64.8 Å². The van der Waals surface area contributed by atoms with Crippen molar-refractivity contribution in [3.8, 4) is 11.6 Å². The van der Waals surface area contributed by atoms with Crippen LogP contribution in [0.25, 0.3) is 15.9 Å². The van der Waals surface area contributed by atoms with E-state index in [2.05, 4.69) is 20.1 Å². The second-order valence-electron chi connectivity index (χ2n) is 8.27. The van der Waals surface area contributed by atoms with Gasteiger partial charge in [-0.2, -0.15) is 0 Å². The lowest BCUT2D eigenvalue weighted by Crippen LogP contribution is -2.27. The third-order valence-electron chi connectivity index (χ3n) is 5.64. The Morgan fingerprint density at radius 2 is 2.06 bits per heavy atom. The molecule has 1 aromatic carbocycles. The first-order valence-corrected chi connectivity index (χ1v) is 11.7. The Morgan fingerprint density at radius 1 is 1.24 bits per heavy atom. The van der Waals surface area contributed by atoms with E-state index in [1.54, 1.807) is 23.7 Å². The number of benzene rings is 1. The molecule has 0 amide bonds. The molecule has 174 valence electrons. The van der Waals surface area contributed by atoms with E-state index in [0.717, 1.165) is 39.4 Å².